The quantitative estimate of drug-likeness (QED) is 0.180. The first-order valence-corrected chi connectivity index (χ1v) is 20.1. The van der Waals surface area contributed by atoms with Crippen LogP contribution in [-0.2, 0) is 0 Å². The molecule has 0 saturated heterocycles. The molecule has 0 spiro atoms. The monoisotopic (exact) mass is 751 g/mol. The normalized spacial score (nSPS) is 12.4. The van der Waals surface area contributed by atoms with Gasteiger partial charge in [-0.3, -0.25) is 9.47 Å². The second-order valence-electron chi connectivity index (χ2n) is 15.4. The summed E-state index contributed by atoms with van der Waals surface area (Å²) in [5.41, 5.74) is 12.5. The molecule has 0 N–H and O–H groups in total. The smallest absolute Gasteiger partial charge is 0.137 e. The van der Waals surface area contributed by atoms with E-state index >= 15 is 0 Å². The lowest BCUT2D eigenvalue weighted by Gasteiger charge is -2.33. The van der Waals surface area contributed by atoms with Crippen LogP contribution in [0, 0.1) is 0 Å². The number of rotatable bonds is 4. The topological polar surface area (TPSA) is 38.9 Å². The summed E-state index contributed by atoms with van der Waals surface area (Å²) in [5.74, 6) is 1.74. The summed E-state index contributed by atoms with van der Waals surface area (Å²) in [7, 11) is 0. The van der Waals surface area contributed by atoms with E-state index in [1.165, 1.54) is 76.4 Å². The van der Waals surface area contributed by atoms with Crippen LogP contribution >= 0.6 is 0 Å². The molecule has 0 radical (unpaired) electrons. The van der Waals surface area contributed by atoms with E-state index in [1.807, 2.05) is 18.5 Å². The van der Waals surface area contributed by atoms with Gasteiger partial charge in [-0.15, -0.1) is 0 Å². The minimum Gasteiger partial charge on any atom is -0.308 e. The van der Waals surface area contributed by atoms with Crippen LogP contribution in [0.1, 0.15) is 0 Å². The standard InChI is InChI=1S/C54H33N5/c1-2-16-38-34(12-1)13-9-19-39(38)36-25-27-48-43(30-36)45-31-44-42-20-10-14-35-15-11-23-49(54(35)42)59(50(44)32-51(45)58(48)52-24-7-8-29-55-52)53-28-26-37(33-56-53)57-46-21-5-3-17-40(46)41-18-4-6-22-47(41)57/h1-33H. The van der Waals surface area contributed by atoms with Crippen molar-refractivity contribution in [3.8, 4) is 33.8 Å². The number of aromatic nitrogens is 4. The largest absolute Gasteiger partial charge is 0.308 e. The molecule has 0 unspecified atom stereocenters. The van der Waals surface area contributed by atoms with Crippen molar-refractivity contribution in [3.63, 3.8) is 0 Å². The minimum absolute atomic E-state index is 0.857. The highest BCUT2D eigenvalue weighted by Crippen LogP contribution is 2.53. The molecule has 12 aromatic rings. The maximum absolute atomic E-state index is 5.29. The molecular formula is C54H33N5. The zero-order valence-electron chi connectivity index (χ0n) is 31.8. The first kappa shape index (κ1) is 32.1. The summed E-state index contributed by atoms with van der Waals surface area (Å²) in [4.78, 5) is 12.6. The van der Waals surface area contributed by atoms with Crippen LogP contribution in [0.3, 0.4) is 0 Å². The van der Waals surface area contributed by atoms with Crippen LogP contribution in [0.25, 0.3) is 98.9 Å². The van der Waals surface area contributed by atoms with Gasteiger partial charge in [0.1, 0.15) is 11.6 Å². The van der Waals surface area contributed by atoms with Crippen molar-refractivity contribution in [2.24, 2.45) is 0 Å². The average molecular weight is 752 g/mol. The Balaban J connectivity index is 1.07. The number of benzene rings is 8. The highest BCUT2D eigenvalue weighted by Gasteiger charge is 2.29. The number of anilines is 3. The predicted molar refractivity (Wildman–Crippen MR) is 245 cm³/mol. The maximum Gasteiger partial charge on any atom is 0.137 e. The van der Waals surface area contributed by atoms with Crippen LogP contribution in [0.15, 0.2) is 200 Å². The second kappa shape index (κ2) is 12.2. The molecule has 274 valence electrons. The molecule has 5 nitrogen and oxygen atoms in total. The average Bonchev–Trinajstić information content (AvgIpc) is 3.81. The van der Waals surface area contributed by atoms with Gasteiger partial charge in [-0.1, -0.05) is 121 Å². The first-order valence-electron chi connectivity index (χ1n) is 20.1. The van der Waals surface area contributed by atoms with Gasteiger partial charge >= 0.3 is 0 Å². The number of pyridine rings is 2. The number of hydrogen-bond donors (Lipinski definition) is 0. The summed E-state index contributed by atoms with van der Waals surface area (Å²) in [5, 5.41) is 9.73. The lowest BCUT2D eigenvalue weighted by molar-refractivity contribution is 1.08. The lowest BCUT2D eigenvalue weighted by Crippen LogP contribution is -2.16. The molecule has 5 heterocycles. The van der Waals surface area contributed by atoms with Gasteiger partial charge in [0.2, 0.25) is 0 Å². The zero-order valence-corrected chi connectivity index (χ0v) is 31.8. The Morgan fingerprint density at radius 1 is 0.356 bits per heavy atom. The SMILES string of the molecule is c1ccc(-n2c3ccc(-c4cccc5ccccc45)cc3c3cc4c(cc32)N(c2ccc(-n3c5ccccc5c5ccccc53)cn2)c2cccc3cccc-4c23)nc1. The summed E-state index contributed by atoms with van der Waals surface area (Å²) < 4.78 is 4.64. The molecular weight excluding hydrogens is 719 g/mol. The molecule has 4 aromatic heterocycles. The van der Waals surface area contributed by atoms with E-state index in [4.69, 9.17) is 9.97 Å². The molecule has 5 heteroatoms. The number of nitrogens with zero attached hydrogens (tertiary/aromatic N) is 5. The van der Waals surface area contributed by atoms with E-state index in [-0.39, 0.29) is 0 Å². The Morgan fingerprint density at radius 3 is 1.81 bits per heavy atom. The van der Waals surface area contributed by atoms with Crippen molar-refractivity contribution in [1.29, 1.82) is 0 Å². The highest BCUT2D eigenvalue weighted by atomic mass is 15.2. The zero-order chi connectivity index (χ0) is 38.6. The van der Waals surface area contributed by atoms with Gasteiger partial charge in [0, 0.05) is 38.7 Å². The van der Waals surface area contributed by atoms with Gasteiger partial charge in [-0.25, -0.2) is 9.97 Å². The molecule has 0 fully saturated rings. The highest BCUT2D eigenvalue weighted by molar-refractivity contribution is 6.19. The van der Waals surface area contributed by atoms with E-state index in [0.29, 0.717) is 0 Å². The van der Waals surface area contributed by atoms with Gasteiger partial charge in [0.25, 0.3) is 0 Å². The lowest BCUT2D eigenvalue weighted by atomic mass is 9.90. The molecule has 59 heavy (non-hydrogen) atoms. The molecule has 1 aliphatic heterocycles. The molecule has 0 saturated carbocycles. The minimum atomic E-state index is 0.857. The fraction of sp³-hybridized carbons (Fsp3) is 0. The Morgan fingerprint density at radius 2 is 1.03 bits per heavy atom. The Hall–Kier alpha value is -8.02. The Bertz CT molecular complexity index is 3610. The third kappa shape index (κ3) is 4.61. The third-order valence-electron chi connectivity index (χ3n) is 12.3. The fourth-order valence-electron chi connectivity index (χ4n) is 9.78. The van der Waals surface area contributed by atoms with E-state index < -0.39 is 0 Å². The maximum atomic E-state index is 5.29. The number of para-hydroxylation sites is 2. The third-order valence-corrected chi connectivity index (χ3v) is 12.3. The second-order valence-corrected chi connectivity index (χ2v) is 15.4. The van der Waals surface area contributed by atoms with Gasteiger partial charge in [-0.05, 0) is 99.6 Å². The Kier molecular flexibility index (Phi) is 6.66. The van der Waals surface area contributed by atoms with Crippen molar-refractivity contribution >= 4 is 82.3 Å². The van der Waals surface area contributed by atoms with E-state index in [2.05, 4.69) is 196 Å². The molecule has 0 bridgehead atoms. The predicted octanol–water partition coefficient (Wildman–Crippen LogP) is 14.1. The molecule has 0 amide bonds. The van der Waals surface area contributed by atoms with E-state index in [0.717, 1.165) is 39.7 Å². The van der Waals surface area contributed by atoms with Crippen molar-refractivity contribution in [1.82, 2.24) is 19.1 Å². The fourth-order valence-corrected chi connectivity index (χ4v) is 9.78. The van der Waals surface area contributed by atoms with Crippen molar-refractivity contribution in [3.05, 3.63) is 200 Å². The van der Waals surface area contributed by atoms with Crippen molar-refractivity contribution in [2.75, 3.05) is 4.90 Å². The van der Waals surface area contributed by atoms with Crippen LogP contribution in [-0.4, -0.2) is 19.1 Å². The van der Waals surface area contributed by atoms with Crippen LogP contribution in [0.5, 0.6) is 0 Å². The van der Waals surface area contributed by atoms with E-state index in [9.17, 15) is 0 Å². The summed E-state index contributed by atoms with van der Waals surface area (Å²) in [6, 6.07) is 67.9. The van der Waals surface area contributed by atoms with Crippen molar-refractivity contribution in [2.45, 2.75) is 0 Å². The molecule has 13 rings (SSSR count). The number of fused-ring (bicyclic) bond motifs is 9. The van der Waals surface area contributed by atoms with Gasteiger partial charge in [0.15, 0.2) is 0 Å². The molecule has 8 aromatic carbocycles. The van der Waals surface area contributed by atoms with Crippen molar-refractivity contribution < 1.29 is 0 Å². The summed E-state index contributed by atoms with van der Waals surface area (Å²) in [6.45, 7) is 0. The van der Waals surface area contributed by atoms with Gasteiger partial charge in [0.05, 0.1) is 45.3 Å². The molecule has 0 aliphatic carbocycles. The Labute approximate surface area is 339 Å². The summed E-state index contributed by atoms with van der Waals surface area (Å²) >= 11 is 0. The first-order chi connectivity index (χ1) is 29.3. The molecule has 1 aliphatic rings. The number of hydrogen-bond acceptors (Lipinski definition) is 3. The van der Waals surface area contributed by atoms with Crippen LogP contribution < -0.4 is 4.90 Å². The van der Waals surface area contributed by atoms with Gasteiger partial charge in [-0.2, -0.15) is 0 Å². The van der Waals surface area contributed by atoms with Crippen LogP contribution in [0.2, 0.25) is 0 Å². The van der Waals surface area contributed by atoms with Gasteiger partial charge < -0.3 is 4.57 Å². The van der Waals surface area contributed by atoms with Crippen LogP contribution in [0.4, 0.5) is 17.2 Å². The van der Waals surface area contributed by atoms with E-state index in [1.54, 1.807) is 0 Å². The summed E-state index contributed by atoms with van der Waals surface area (Å²) in [6.07, 6.45) is 3.90. The molecule has 0 atom stereocenters.